The molecule has 0 radical (unpaired) electrons. The molecule has 0 atom stereocenters. The zero-order valence-electron chi connectivity index (χ0n) is 11.3. The molecule has 20 heavy (non-hydrogen) atoms. The van der Waals surface area contributed by atoms with E-state index >= 15 is 0 Å². The summed E-state index contributed by atoms with van der Waals surface area (Å²) in [5.74, 6) is -0.702. The quantitative estimate of drug-likeness (QED) is 0.798. The van der Waals surface area contributed by atoms with Crippen LogP contribution in [0.15, 0.2) is 12.1 Å². The molecule has 1 heterocycles. The molecule has 2 aliphatic rings. The van der Waals surface area contributed by atoms with E-state index in [0.29, 0.717) is 0 Å². The topological polar surface area (TPSA) is 86.7 Å². The van der Waals surface area contributed by atoms with E-state index in [4.69, 9.17) is 0 Å². The van der Waals surface area contributed by atoms with Crippen LogP contribution in [0.1, 0.15) is 25.0 Å². The number of anilines is 1. The van der Waals surface area contributed by atoms with E-state index in [1.54, 1.807) is 12.1 Å². The molecule has 0 spiro atoms. The average Bonchev–Trinajstić information content (AvgIpc) is 2.71. The van der Waals surface area contributed by atoms with Gasteiger partial charge in [-0.2, -0.15) is 8.42 Å². The molecule has 108 valence electrons. The van der Waals surface area contributed by atoms with Gasteiger partial charge in [0.1, 0.15) is 12.3 Å². The van der Waals surface area contributed by atoms with Crippen LogP contribution in [-0.2, 0) is 27.8 Å². The minimum Gasteiger partial charge on any atom is -0.506 e. The fraction of sp³-hybridized carbons (Fsp3) is 0.462. The van der Waals surface area contributed by atoms with Gasteiger partial charge in [-0.3, -0.25) is 4.79 Å². The number of hydrogen-bond donors (Lipinski definition) is 2. The molecule has 0 saturated carbocycles. The van der Waals surface area contributed by atoms with Crippen molar-refractivity contribution in [3.05, 3.63) is 23.3 Å². The Morgan fingerprint density at radius 1 is 1.25 bits per heavy atom. The molecule has 0 aromatic heterocycles. The number of carbonyl (C=O) groups is 1. The predicted octanol–water partition coefficient (Wildman–Crippen LogP) is 0.698. The van der Waals surface area contributed by atoms with Gasteiger partial charge in [-0.1, -0.05) is 13.8 Å². The first-order chi connectivity index (χ1) is 9.18. The van der Waals surface area contributed by atoms with Crippen LogP contribution in [0.25, 0.3) is 0 Å². The standard InChI is InChI=1S/C13H16N2O4S/c1-13(2)5-8-3-10(11(16)4-9(8)6-13)15-7-12(17)14-20(15,18)19/h3-4,16H,5-7H2,1-2H3,(H,14,17). The van der Waals surface area contributed by atoms with Crippen molar-refractivity contribution in [3.8, 4) is 5.75 Å². The number of nitrogens with zero attached hydrogens (tertiary/aromatic N) is 1. The van der Waals surface area contributed by atoms with Gasteiger partial charge in [0.25, 0.3) is 5.91 Å². The molecule has 6 nitrogen and oxygen atoms in total. The minimum atomic E-state index is -3.88. The van der Waals surface area contributed by atoms with Crippen molar-refractivity contribution in [1.82, 2.24) is 4.72 Å². The number of amides is 1. The zero-order chi connectivity index (χ0) is 14.7. The molecule has 2 N–H and O–H groups in total. The van der Waals surface area contributed by atoms with Crippen LogP contribution in [-0.4, -0.2) is 26.0 Å². The molecule has 1 saturated heterocycles. The molecule has 1 aliphatic heterocycles. The van der Waals surface area contributed by atoms with Crippen molar-refractivity contribution in [2.24, 2.45) is 5.41 Å². The van der Waals surface area contributed by atoms with E-state index in [2.05, 4.69) is 13.8 Å². The van der Waals surface area contributed by atoms with Gasteiger partial charge in [-0.05, 0) is 41.5 Å². The summed E-state index contributed by atoms with van der Waals surface area (Å²) in [4.78, 5) is 11.3. The largest absolute Gasteiger partial charge is 0.506 e. The molecule has 3 rings (SSSR count). The maximum absolute atomic E-state index is 11.8. The second-order valence-corrected chi connectivity index (χ2v) is 7.76. The Labute approximate surface area is 117 Å². The number of carbonyl (C=O) groups excluding carboxylic acids is 1. The molecule has 7 heteroatoms. The molecule has 1 aliphatic carbocycles. The van der Waals surface area contributed by atoms with Crippen molar-refractivity contribution >= 4 is 21.8 Å². The Hall–Kier alpha value is -1.76. The van der Waals surface area contributed by atoms with Crippen LogP contribution in [0.3, 0.4) is 0 Å². The number of rotatable bonds is 1. The molecule has 0 unspecified atom stereocenters. The number of phenols is 1. The van der Waals surface area contributed by atoms with E-state index in [-0.39, 0.29) is 23.4 Å². The second-order valence-electron chi connectivity index (χ2n) is 6.16. The van der Waals surface area contributed by atoms with E-state index in [0.717, 1.165) is 28.3 Å². The van der Waals surface area contributed by atoms with Crippen LogP contribution >= 0.6 is 0 Å². The zero-order valence-corrected chi connectivity index (χ0v) is 12.1. The van der Waals surface area contributed by atoms with Crippen LogP contribution in [0.5, 0.6) is 5.75 Å². The highest BCUT2D eigenvalue weighted by Gasteiger charge is 2.37. The average molecular weight is 296 g/mol. The molecule has 1 aromatic carbocycles. The van der Waals surface area contributed by atoms with Crippen molar-refractivity contribution in [1.29, 1.82) is 0 Å². The summed E-state index contributed by atoms with van der Waals surface area (Å²) in [5, 5.41) is 10.1. The Bertz CT molecular complexity index is 709. The van der Waals surface area contributed by atoms with Gasteiger partial charge < -0.3 is 5.11 Å². The summed E-state index contributed by atoms with van der Waals surface area (Å²) in [7, 11) is -3.88. The number of benzene rings is 1. The van der Waals surface area contributed by atoms with E-state index in [9.17, 15) is 18.3 Å². The van der Waals surface area contributed by atoms with Gasteiger partial charge in [0.15, 0.2) is 0 Å². The van der Waals surface area contributed by atoms with Crippen LogP contribution in [0.2, 0.25) is 0 Å². The first-order valence-corrected chi connectivity index (χ1v) is 7.80. The number of hydrogen-bond acceptors (Lipinski definition) is 4. The van der Waals surface area contributed by atoms with Crippen LogP contribution < -0.4 is 9.03 Å². The molecule has 1 fully saturated rings. The van der Waals surface area contributed by atoms with Crippen LogP contribution in [0, 0.1) is 5.41 Å². The Kier molecular flexibility index (Phi) is 2.57. The van der Waals surface area contributed by atoms with Gasteiger partial charge in [0.2, 0.25) is 0 Å². The number of nitrogens with one attached hydrogen (secondary N) is 1. The van der Waals surface area contributed by atoms with Crippen molar-refractivity contribution < 1.29 is 18.3 Å². The highest BCUT2D eigenvalue weighted by atomic mass is 32.2. The molecule has 1 amide bonds. The lowest BCUT2D eigenvalue weighted by molar-refractivity contribution is -0.117. The third-order valence-electron chi connectivity index (χ3n) is 3.72. The first kappa shape index (κ1) is 13.2. The summed E-state index contributed by atoms with van der Waals surface area (Å²) in [6.45, 7) is 3.96. The normalized spacial score (nSPS) is 22.7. The Morgan fingerprint density at radius 2 is 1.85 bits per heavy atom. The number of aromatic hydroxyl groups is 1. The van der Waals surface area contributed by atoms with E-state index < -0.39 is 16.1 Å². The first-order valence-electron chi connectivity index (χ1n) is 6.36. The predicted molar refractivity (Wildman–Crippen MR) is 73.7 cm³/mol. The lowest BCUT2D eigenvalue weighted by Crippen LogP contribution is -2.29. The summed E-state index contributed by atoms with van der Waals surface area (Å²) in [6, 6.07) is 3.29. The highest BCUT2D eigenvalue weighted by molar-refractivity contribution is 7.92. The van der Waals surface area contributed by atoms with Gasteiger partial charge in [0.05, 0.1) is 5.69 Å². The molecular formula is C13H16N2O4S. The Balaban J connectivity index is 2.07. The molecule has 0 bridgehead atoms. The Morgan fingerprint density at radius 3 is 2.40 bits per heavy atom. The maximum Gasteiger partial charge on any atom is 0.326 e. The lowest BCUT2D eigenvalue weighted by Gasteiger charge is -2.17. The summed E-state index contributed by atoms with van der Waals surface area (Å²) < 4.78 is 26.5. The minimum absolute atomic E-state index is 0.103. The van der Waals surface area contributed by atoms with Gasteiger partial charge in [-0.25, -0.2) is 9.03 Å². The monoisotopic (exact) mass is 296 g/mol. The number of fused-ring (bicyclic) bond motifs is 1. The van der Waals surface area contributed by atoms with Gasteiger partial charge >= 0.3 is 10.2 Å². The van der Waals surface area contributed by atoms with E-state index in [1.165, 1.54) is 0 Å². The summed E-state index contributed by atoms with van der Waals surface area (Å²) in [6.07, 6.45) is 1.67. The lowest BCUT2D eigenvalue weighted by atomic mass is 9.90. The molecule has 1 aromatic rings. The number of phenolic OH excluding ortho intramolecular Hbond substituents is 1. The third kappa shape index (κ3) is 2.02. The van der Waals surface area contributed by atoms with Gasteiger partial charge in [0, 0.05) is 0 Å². The highest BCUT2D eigenvalue weighted by Crippen LogP contribution is 2.42. The van der Waals surface area contributed by atoms with Crippen LogP contribution in [0.4, 0.5) is 5.69 Å². The second kappa shape index (κ2) is 3.88. The SMILES string of the molecule is CC1(C)Cc2cc(O)c(N3CC(=O)NS3(=O)=O)cc2C1. The van der Waals surface area contributed by atoms with Gasteiger partial charge in [-0.15, -0.1) is 0 Å². The fourth-order valence-electron chi connectivity index (χ4n) is 2.95. The van der Waals surface area contributed by atoms with Crippen molar-refractivity contribution in [3.63, 3.8) is 0 Å². The summed E-state index contributed by atoms with van der Waals surface area (Å²) >= 11 is 0. The van der Waals surface area contributed by atoms with Crippen molar-refractivity contribution in [2.45, 2.75) is 26.7 Å². The van der Waals surface area contributed by atoms with E-state index in [1.807, 2.05) is 4.72 Å². The fourth-order valence-corrected chi connectivity index (χ4v) is 4.10. The summed E-state index contributed by atoms with van der Waals surface area (Å²) in [5.41, 5.74) is 2.33. The van der Waals surface area contributed by atoms with Crippen molar-refractivity contribution in [2.75, 3.05) is 10.8 Å². The third-order valence-corrected chi connectivity index (χ3v) is 5.12. The molecular weight excluding hydrogens is 280 g/mol. The maximum atomic E-state index is 11.8. The smallest absolute Gasteiger partial charge is 0.326 e.